The molecule has 0 unspecified atom stereocenters. The fraction of sp³-hybridized carbons (Fsp3) is 0.364. The molecule has 0 bridgehead atoms. The molecular weight excluding hydrogens is 402 g/mol. The number of benzene rings is 1. The first-order valence-corrected chi connectivity index (χ1v) is 11.0. The van der Waals surface area contributed by atoms with Crippen LogP contribution in [0.4, 0.5) is 5.00 Å². The van der Waals surface area contributed by atoms with Crippen molar-refractivity contribution in [3.05, 3.63) is 51.4 Å². The highest BCUT2D eigenvalue weighted by molar-refractivity contribution is 7.17. The molecule has 7 nitrogen and oxygen atoms in total. The second-order valence-electron chi connectivity index (χ2n) is 7.47. The maximum absolute atomic E-state index is 13.0. The van der Waals surface area contributed by atoms with Gasteiger partial charge >= 0.3 is 0 Å². The van der Waals surface area contributed by atoms with E-state index in [1.54, 1.807) is 24.3 Å². The zero-order chi connectivity index (χ0) is 21.4. The molecule has 2 aliphatic rings. The molecular formula is C22H23N3O4S. The van der Waals surface area contributed by atoms with E-state index in [2.05, 4.69) is 10.6 Å². The van der Waals surface area contributed by atoms with E-state index in [1.807, 2.05) is 6.92 Å². The van der Waals surface area contributed by atoms with Crippen molar-refractivity contribution in [2.75, 3.05) is 11.9 Å². The Morgan fingerprint density at radius 3 is 2.37 bits per heavy atom. The number of nitrogens with one attached hydrogen (secondary N) is 2. The third-order valence-electron chi connectivity index (χ3n) is 5.56. The third-order valence-corrected chi connectivity index (χ3v) is 6.77. The monoisotopic (exact) mass is 425 g/mol. The Labute approximate surface area is 178 Å². The Morgan fingerprint density at radius 2 is 1.73 bits per heavy atom. The summed E-state index contributed by atoms with van der Waals surface area (Å²) in [6, 6.07) is 5.54. The van der Waals surface area contributed by atoms with Crippen molar-refractivity contribution < 1.29 is 19.2 Å². The summed E-state index contributed by atoms with van der Waals surface area (Å²) >= 11 is 1.41. The predicted octanol–water partition coefficient (Wildman–Crippen LogP) is 3.00. The number of carbonyl (C=O) groups is 4. The number of nitrogens with zero attached hydrogens (tertiary/aromatic N) is 1. The SMILES string of the molecule is CCNC(=O)c1c(NC(=O)[C@H](C)N2C(=O)c3ccccc3C2=O)sc2c1CCCC2. The summed E-state index contributed by atoms with van der Waals surface area (Å²) in [7, 11) is 0. The van der Waals surface area contributed by atoms with E-state index < -0.39 is 23.8 Å². The number of amides is 4. The van der Waals surface area contributed by atoms with E-state index in [0.717, 1.165) is 41.0 Å². The van der Waals surface area contributed by atoms with Gasteiger partial charge in [-0.25, -0.2) is 0 Å². The topological polar surface area (TPSA) is 95.6 Å². The largest absolute Gasteiger partial charge is 0.352 e. The summed E-state index contributed by atoms with van der Waals surface area (Å²) in [5.41, 5.74) is 2.12. The van der Waals surface area contributed by atoms with Crippen LogP contribution in [0, 0.1) is 0 Å². The van der Waals surface area contributed by atoms with E-state index in [-0.39, 0.29) is 5.91 Å². The fourth-order valence-electron chi connectivity index (χ4n) is 4.04. The molecule has 156 valence electrons. The number of imide groups is 1. The summed E-state index contributed by atoms with van der Waals surface area (Å²) in [6.45, 7) is 3.86. The molecule has 1 aromatic carbocycles. The first-order valence-electron chi connectivity index (χ1n) is 10.1. The van der Waals surface area contributed by atoms with Gasteiger partial charge in [0.25, 0.3) is 17.7 Å². The highest BCUT2D eigenvalue weighted by Gasteiger charge is 2.41. The molecule has 1 aliphatic carbocycles. The Balaban J connectivity index is 1.60. The van der Waals surface area contributed by atoms with E-state index in [9.17, 15) is 19.2 Å². The lowest BCUT2D eigenvalue weighted by Crippen LogP contribution is -2.45. The van der Waals surface area contributed by atoms with Gasteiger partial charge < -0.3 is 10.6 Å². The summed E-state index contributed by atoms with van der Waals surface area (Å²) < 4.78 is 0. The lowest BCUT2D eigenvalue weighted by Gasteiger charge is -2.21. The summed E-state index contributed by atoms with van der Waals surface area (Å²) in [5, 5.41) is 6.13. The van der Waals surface area contributed by atoms with E-state index in [1.165, 1.54) is 18.3 Å². The first-order chi connectivity index (χ1) is 14.4. The minimum Gasteiger partial charge on any atom is -0.352 e. The summed E-state index contributed by atoms with van der Waals surface area (Å²) in [6.07, 6.45) is 3.76. The third kappa shape index (κ3) is 3.31. The minimum absolute atomic E-state index is 0.208. The van der Waals surface area contributed by atoms with Crippen LogP contribution in [0.15, 0.2) is 24.3 Å². The molecule has 0 spiro atoms. The van der Waals surface area contributed by atoms with Gasteiger partial charge in [0.15, 0.2) is 0 Å². The molecule has 8 heteroatoms. The molecule has 1 aliphatic heterocycles. The van der Waals surface area contributed by atoms with Crippen LogP contribution in [0.2, 0.25) is 0 Å². The standard InChI is InChI=1S/C22H23N3O4S/c1-3-23-19(27)17-15-10-6-7-11-16(15)30-20(17)24-18(26)12(2)25-21(28)13-8-4-5-9-14(13)22(25)29/h4-5,8-9,12H,3,6-7,10-11H2,1-2H3,(H,23,27)(H,24,26)/t12-/m0/s1. The van der Waals surface area contributed by atoms with Crippen LogP contribution in [0.25, 0.3) is 0 Å². The van der Waals surface area contributed by atoms with Gasteiger partial charge in [0, 0.05) is 11.4 Å². The molecule has 0 fully saturated rings. The molecule has 4 amide bonds. The van der Waals surface area contributed by atoms with Crippen LogP contribution >= 0.6 is 11.3 Å². The highest BCUT2D eigenvalue weighted by Crippen LogP contribution is 2.38. The number of carbonyl (C=O) groups excluding carboxylic acids is 4. The molecule has 2 aromatic rings. The Hall–Kier alpha value is -3.00. The quantitative estimate of drug-likeness (QED) is 0.720. The van der Waals surface area contributed by atoms with Gasteiger partial charge in [0.05, 0.1) is 16.7 Å². The minimum atomic E-state index is -1.00. The zero-order valence-electron chi connectivity index (χ0n) is 16.9. The van der Waals surface area contributed by atoms with Gasteiger partial charge in [0.2, 0.25) is 5.91 Å². The maximum atomic E-state index is 13.0. The molecule has 0 radical (unpaired) electrons. The molecule has 4 rings (SSSR count). The van der Waals surface area contributed by atoms with Crippen LogP contribution in [0.3, 0.4) is 0 Å². The van der Waals surface area contributed by atoms with Crippen molar-refractivity contribution in [1.29, 1.82) is 0 Å². The molecule has 1 atom stereocenters. The van der Waals surface area contributed by atoms with Crippen LogP contribution in [-0.4, -0.2) is 41.1 Å². The van der Waals surface area contributed by atoms with Gasteiger partial charge in [-0.05, 0) is 57.2 Å². The van der Waals surface area contributed by atoms with Crippen molar-refractivity contribution in [1.82, 2.24) is 10.2 Å². The number of thiophene rings is 1. The lowest BCUT2D eigenvalue weighted by molar-refractivity contribution is -0.119. The van der Waals surface area contributed by atoms with Crippen molar-refractivity contribution in [2.24, 2.45) is 0 Å². The van der Waals surface area contributed by atoms with Gasteiger partial charge in [-0.1, -0.05) is 12.1 Å². The Bertz CT molecular complexity index is 1020. The van der Waals surface area contributed by atoms with Gasteiger partial charge in [-0.2, -0.15) is 0 Å². The fourth-order valence-corrected chi connectivity index (χ4v) is 5.33. The lowest BCUT2D eigenvalue weighted by atomic mass is 9.95. The van der Waals surface area contributed by atoms with E-state index in [4.69, 9.17) is 0 Å². The molecule has 0 saturated carbocycles. The molecule has 2 heterocycles. The van der Waals surface area contributed by atoms with Crippen molar-refractivity contribution in [3.8, 4) is 0 Å². The Morgan fingerprint density at radius 1 is 1.10 bits per heavy atom. The number of rotatable bonds is 5. The van der Waals surface area contributed by atoms with Crippen molar-refractivity contribution >= 4 is 40.0 Å². The average molecular weight is 426 g/mol. The average Bonchev–Trinajstić information content (AvgIpc) is 3.22. The van der Waals surface area contributed by atoms with Crippen LogP contribution in [-0.2, 0) is 17.6 Å². The summed E-state index contributed by atoms with van der Waals surface area (Å²) in [4.78, 5) is 53.2. The molecule has 0 saturated heterocycles. The van der Waals surface area contributed by atoms with Gasteiger partial charge in [-0.15, -0.1) is 11.3 Å². The van der Waals surface area contributed by atoms with Gasteiger partial charge in [0.1, 0.15) is 11.0 Å². The number of aryl methyl sites for hydroxylation is 1. The second-order valence-corrected chi connectivity index (χ2v) is 8.57. The van der Waals surface area contributed by atoms with Crippen LogP contribution < -0.4 is 10.6 Å². The maximum Gasteiger partial charge on any atom is 0.262 e. The van der Waals surface area contributed by atoms with Gasteiger partial charge in [-0.3, -0.25) is 24.1 Å². The summed E-state index contributed by atoms with van der Waals surface area (Å²) in [5.74, 6) is -1.66. The number of anilines is 1. The van der Waals surface area contributed by atoms with Crippen molar-refractivity contribution in [3.63, 3.8) is 0 Å². The predicted molar refractivity (Wildman–Crippen MR) is 114 cm³/mol. The second kappa shape index (κ2) is 8.02. The van der Waals surface area contributed by atoms with E-state index >= 15 is 0 Å². The number of fused-ring (bicyclic) bond motifs is 2. The number of hydrogen-bond acceptors (Lipinski definition) is 5. The van der Waals surface area contributed by atoms with E-state index in [0.29, 0.717) is 28.2 Å². The Kier molecular flexibility index (Phi) is 5.42. The smallest absolute Gasteiger partial charge is 0.262 e. The first kappa shape index (κ1) is 20.3. The zero-order valence-corrected chi connectivity index (χ0v) is 17.7. The van der Waals surface area contributed by atoms with Crippen LogP contribution in [0.1, 0.15) is 68.2 Å². The normalized spacial score (nSPS) is 16.1. The van der Waals surface area contributed by atoms with Crippen molar-refractivity contribution in [2.45, 2.75) is 45.6 Å². The highest BCUT2D eigenvalue weighted by atomic mass is 32.1. The molecule has 2 N–H and O–H groups in total. The van der Waals surface area contributed by atoms with Crippen LogP contribution in [0.5, 0.6) is 0 Å². The number of hydrogen-bond donors (Lipinski definition) is 2. The molecule has 1 aromatic heterocycles. The molecule has 30 heavy (non-hydrogen) atoms.